The summed E-state index contributed by atoms with van der Waals surface area (Å²) in [4.78, 5) is 12.0. The Morgan fingerprint density at radius 1 is 1.33 bits per heavy atom. The predicted octanol–water partition coefficient (Wildman–Crippen LogP) is 2.73. The number of rotatable bonds is 2. The van der Waals surface area contributed by atoms with E-state index in [2.05, 4.69) is 15.5 Å². The molecule has 5 heteroatoms. The third-order valence-electron chi connectivity index (χ3n) is 2.77. The highest BCUT2D eigenvalue weighted by Crippen LogP contribution is 2.16. The minimum absolute atomic E-state index is 0.246. The number of benzene rings is 1. The lowest BCUT2D eigenvalue weighted by atomic mass is 10.1. The summed E-state index contributed by atoms with van der Waals surface area (Å²) in [6.45, 7) is 5.19. The third kappa shape index (κ3) is 2.25. The predicted molar refractivity (Wildman–Crippen MR) is 67.2 cm³/mol. The van der Waals surface area contributed by atoms with Crippen LogP contribution >= 0.6 is 0 Å². The molecule has 0 saturated carbocycles. The number of anilines is 1. The maximum atomic E-state index is 13.1. The molecule has 0 aliphatic rings. The van der Waals surface area contributed by atoms with E-state index in [1.807, 2.05) is 0 Å². The SMILES string of the molecule is Cc1cc(NC(=O)c2c(C)n[nH]c2C)ccc1F. The first-order chi connectivity index (χ1) is 8.49. The zero-order valence-electron chi connectivity index (χ0n) is 10.5. The Morgan fingerprint density at radius 3 is 2.61 bits per heavy atom. The maximum absolute atomic E-state index is 13.1. The minimum Gasteiger partial charge on any atom is -0.322 e. The van der Waals surface area contributed by atoms with Crippen molar-refractivity contribution in [3.8, 4) is 0 Å². The molecule has 1 amide bonds. The molecule has 2 N–H and O–H groups in total. The van der Waals surface area contributed by atoms with Crippen molar-refractivity contribution in [2.75, 3.05) is 5.32 Å². The molecule has 18 heavy (non-hydrogen) atoms. The van der Waals surface area contributed by atoms with E-state index in [-0.39, 0.29) is 11.7 Å². The smallest absolute Gasteiger partial charge is 0.259 e. The maximum Gasteiger partial charge on any atom is 0.259 e. The number of aromatic amines is 1. The quantitative estimate of drug-likeness (QED) is 0.857. The normalized spacial score (nSPS) is 10.4. The van der Waals surface area contributed by atoms with Crippen molar-refractivity contribution < 1.29 is 9.18 Å². The van der Waals surface area contributed by atoms with Gasteiger partial charge in [-0.25, -0.2) is 4.39 Å². The molecule has 1 heterocycles. The van der Waals surface area contributed by atoms with Gasteiger partial charge >= 0.3 is 0 Å². The van der Waals surface area contributed by atoms with Crippen molar-refractivity contribution in [2.24, 2.45) is 0 Å². The summed E-state index contributed by atoms with van der Waals surface area (Å²) in [6, 6.07) is 4.46. The summed E-state index contributed by atoms with van der Waals surface area (Å²) in [5.74, 6) is -0.534. The van der Waals surface area contributed by atoms with Crippen LogP contribution < -0.4 is 5.32 Å². The van der Waals surface area contributed by atoms with Gasteiger partial charge in [-0.15, -0.1) is 0 Å². The van der Waals surface area contributed by atoms with E-state index < -0.39 is 0 Å². The largest absolute Gasteiger partial charge is 0.322 e. The standard InChI is InChI=1S/C13H14FN3O/c1-7-6-10(4-5-11(7)14)15-13(18)12-8(2)16-17-9(12)3/h4-6H,1-3H3,(H,15,18)(H,16,17). The van der Waals surface area contributed by atoms with E-state index in [1.165, 1.54) is 12.1 Å². The minimum atomic E-state index is -0.288. The van der Waals surface area contributed by atoms with E-state index in [0.717, 1.165) is 0 Å². The van der Waals surface area contributed by atoms with E-state index >= 15 is 0 Å². The number of amides is 1. The van der Waals surface area contributed by atoms with Crippen LogP contribution in [-0.2, 0) is 0 Å². The number of carbonyl (C=O) groups is 1. The number of hydrogen-bond donors (Lipinski definition) is 2. The fourth-order valence-corrected chi connectivity index (χ4v) is 1.80. The zero-order valence-corrected chi connectivity index (χ0v) is 10.5. The number of nitrogens with one attached hydrogen (secondary N) is 2. The number of H-pyrrole nitrogens is 1. The summed E-state index contributed by atoms with van der Waals surface area (Å²) in [5.41, 5.74) is 2.94. The molecule has 0 spiro atoms. The van der Waals surface area contributed by atoms with Crippen LogP contribution in [0.25, 0.3) is 0 Å². The lowest BCUT2D eigenvalue weighted by molar-refractivity contribution is 0.102. The monoisotopic (exact) mass is 247 g/mol. The first kappa shape index (κ1) is 12.3. The third-order valence-corrected chi connectivity index (χ3v) is 2.77. The molecule has 0 radical (unpaired) electrons. The van der Waals surface area contributed by atoms with Crippen LogP contribution in [0, 0.1) is 26.6 Å². The van der Waals surface area contributed by atoms with Gasteiger partial charge in [0.1, 0.15) is 5.82 Å². The summed E-state index contributed by atoms with van der Waals surface area (Å²) in [7, 11) is 0. The average molecular weight is 247 g/mol. The van der Waals surface area contributed by atoms with Crippen molar-refractivity contribution in [1.82, 2.24) is 10.2 Å². The van der Waals surface area contributed by atoms with E-state index in [9.17, 15) is 9.18 Å². The lowest BCUT2D eigenvalue weighted by Gasteiger charge is -2.06. The van der Waals surface area contributed by atoms with Gasteiger partial charge in [0, 0.05) is 11.4 Å². The second-order valence-electron chi connectivity index (χ2n) is 4.23. The Labute approximate surface area is 104 Å². The van der Waals surface area contributed by atoms with Crippen LogP contribution in [0.1, 0.15) is 27.3 Å². The molecule has 0 unspecified atom stereocenters. The number of carbonyl (C=O) groups excluding carboxylic acids is 1. The van der Waals surface area contributed by atoms with Crippen molar-refractivity contribution >= 4 is 11.6 Å². The van der Waals surface area contributed by atoms with E-state index in [4.69, 9.17) is 0 Å². The van der Waals surface area contributed by atoms with Gasteiger partial charge in [0.05, 0.1) is 11.3 Å². The van der Waals surface area contributed by atoms with Crippen LogP contribution in [0.3, 0.4) is 0 Å². The number of halogens is 1. The Bertz CT molecular complexity index is 585. The summed E-state index contributed by atoms with van der Waals surface area (Å²) >= 11 is 0. The molecular weight excluding hydrogens is 233 g/mol. The van der Waals surface area contributed by atoms with Crippen molar-refractivity contribution in [1.29, 1.82) is 0 Å². The molecule has 2 aromatic rings. The van der Waals surface area contributed by atoms with Crippen molar-refractivity contribution in [3.63, 3.8) is 0 Å². The summed E-state index contributed by atoms with van der Waals surface area (Å²) < 4.78 is 13.1. The number of nitrogens with zero attached hydrogens (tertiary/aromatic N) is 1. The van der Waals surface area contributed by atoms with Gasteiger partial charge in [0.25, 0.3) is 5.91 Å². The number of hydrogen-bond acceptors (Lipinski definition) is 2. The molecule has 0 bridgehead atoms. The molecule has 4 nitrogen and oxygen atoms in total. The molecule has 94 valence electrons. The fraction of sp³-hybridized carbons (Fsp3) is 0.231. The highest BCUT2D eigenvalue weighted by molar-refractivity contribution is 6.05. The topological polar surface area (TPSA) is 57.8 Å². The average Bonchev–Trinajstić information content (AvgIpc) is 2.64. The van der Waals surface area contributed by atoms with Crippen molar-refractivity contribution in [2.45, 2.75) is 20.8 Å². The molecule has 0 fully saturated rings. The molecule has 0 aliphatic carbocycles. The Hall–Kier alpha value is -2.17. The van der Waals surface area contributed by atoms with E-state index in [1.54, 1.807) is 26.8 Å². The fourth-order valence-electron chi connectivity index (χ4n) is 1.80. The Balaban J connectivity index is 2.24. The molecule has 1 aromatic carbocycles. The molecular formula is C13H14FN3O. The second kappa shape index (κ2) is 4.60. The zero-order chi connectivity index (χ0) is 13.3. The first-order valence-electron chi connectivity index (χ1n) is 5.58. The molecule has 0 aliphatic heterocycles. The molecule has 0 saturated heterocycles. The number of aromatic nitrogens is 2. The van der Waals surface area contributed by atoms with Gasteiger partial charge in [-0.05, 0) is 44.5 Å². The summed E-state index contributed by atoms with van der Waals surface area (Å²) in [6.07, 6.45) is 0. The van der Waals surface area contributed by atoms with Gasteiger partial charge < -0.3 is 5.32 Å². The highest BCUT2D eigenvalue weighted by atomic mass is 19.1. The van der Waals surface area contributed by atoms with Crippen molar-refractivity contribution in [3.05, 3.63) is 46.5 Å². The molecule has 1 aromatic heterocycles. The summed E-state index contributed by atoms with van der Waals surface area (Å²) in [5, 5.41) is 9.45. The molecule has 2 rings (SSSR count). The first-order valence-corrected chi connectivity index (χ1v) is 5.58. The lowest BCUT2D eigenvalue weighted by Crippen LogP contribution is -2.13. The van der Waals surface area contributed by atoms with Crippen LogP contribution in [0.5, 0.6) is 0 Å². The Kier molecular flexibility index (Phi) is 3.14. The van der Waals surface area contributed by atoms with Crippen LogP contribution in [0.4, 0.5) is 10.1 Å². The number of aryl methyl sites for hydroxylation is 3. The highest BCUT2D eigenvalue weighted by Gasteiger charge is 2.15. The van der Waals surface area contributed by atoms with Crippen LogP contribution in [-0.4, -0.2) is 16.1 Å². The van der Waals surface area contributed by atoms with E-state index in [0.29, 0.717) is 28.2 Å². The van der Waals surface area contributed by atoms with Gasteiger partial charge in [-0.3, -0.25) is 9.89 Å². The van der Waals surface area contributed by atoms with Gasteiger partial charge in [0.15, 0.2) is 0 Å². The van der Waals surface area contributed by atoms with Gasteiger partial charge in [0.2, 0.25) is 0 Å². The van der Waals surface area contributed by atoms with Crippen LogP contribution in [0.2, 0.25) is 0 Å². The second-order valence-corrected chi connectivity index (χ2v) is 4.23. The van der Waals surface area contributed by atoms with Gasteiger partial charge in [-0.2, -0.15) is 5.10 Å². The molecule has 0 atom stereocenters. The van der Waals surface area contributed by atoms with Crippen LogP contribution in [0.15, 0.2) is 18.2 Å². The Morgan fingerprint density at radius 2 is 2.06 bits per heavy atom. The van der Waals surface area contributed by atoms with Gasteiger partial charge in [-0.1, -0.05) is 0 Å².